The van der Waals surface area contributed by atoms with Crippen LogP contribution in [0.1, 0.15) is 12.5 Å². The third kappa shape index (κ3) is 6.90. The summed E-state index contributed by atoms with van der Waals surface area (Å²) >= 11 is 6.19. The Labute approximate surface area is 187 Å². The first-order valence-corrected chi connectivity index (χ1v) is 10.8. The maximum Gasteiger partial charge on any atom is 0.238 e. The fourth-order valence-corrected chi connectivity index (χ4v) is 3.95. The number of piperazine rings is 1. The summed E-state index contributed by atoms with van der Waals surface area (Å²) < 4.78 is 19.0. The van der Waals surface area contributed by atoms with E-state index in [1.165, 1.54) is 12.1 Å². The number of aliphatic hydroxyl groups excluding tert-OH is 1. The second-order valence-corrected chi connectivity index (χ2v) is 8.41. The maximum atomic E-state index is 13.6. The average molecular weight is 450 g/mol. The summed E-state index contributed by atoms with van der Waals surface area (Å²) in [5.74, 6) is -0.411. The van der Waals surface area contributed by atoms with Gasteiger partial charge in [0.2, 0.25) is 5.91 Å². The molecular formula is C23H29ClFN3O3. The highest BCUT2D eigenvalue weighted by Crippen LogP contribution is 2.23. The molecule has 2 unspecified atom stereocenters. The number of hydrogen-bond acceptors (Lipinski definition) is 5. The van der Waals surface area contributed by atoms with Crippen LogP contribution in [0, 0.1) is 12.7 Å². The van der Waals surface area contributed by atoms with Crippen molar-refractivity contribution in [1.29, 1.82) is 0 Å². The van der Waals surface area contributed by atoms with Crippen molar-refractivity contribution in [2.24, 2.45) is 0 Å². The molecule has 8 heteroatoms. The van der Waals surface area contributed by atoms with Crippen molar-refractivity contribution < 1.29 is 19.0 Å². The number of para-hydroxylation sites is 1. The number of rotatable bonds is 8. The number of anilines is 1. The molecule has 1 saturated heterocycles. The Morgan fingerprint density at radius 2 is 2.10 bits per heavy atom. The number of ether oxygens (including phenoxy) is 1. The van der Waals surface area contributed by atoms with Crippen molar-refractivity contribution >= 4 is 23.2 Å². The summed E-state index contributed by atoms with van der Waals surface area (Å²) in [6.45, 7) is 6.86. The highest BCUT2D eigenvalue weighted by atomic mass is 35.5. The van der Waals surface area contributed by atoms with Gasteiger partial charge >= 0.3 is 0 Å². The van der Waals surface area contributed by atoms with Crippen LogP contribution in [0.2, 0.25) is 5.02 Å². The van der Waals surface area contributed by atoms with Gasteiger partial charge in [0.1, 0.15) is 12.7 Å². The first-order chi connectivity index (χ1) is 14.8. The van der Waals surface area contributed by atoms with E-state index in [4.69, 9.17) is 16.3 Å². The van der Waals surface area contributed by atoms with Crippen LogP contribution < -0.4 is 10.1 Å². The van der Waals surface area contributed by atoms with Gasteiger partial charge in [-0.2, -0.15) is 0 Å². The molecule has 31 heavy (non-hydrogen) atoms. The van der Waals surface area contributed by atoms with E-state index in [0.717, 1.165) is 12.1 Å². The number of amides is 1. The van der Waals surface area contributed by atoms with Gasteiger partial charge in [-0.3, -0.25) is 14.6 Å². The zero-order valence-electron chi connectivity index (χ0n) is 17.9. The molecule has 0 aromatic heterocycles. The topological polar surface area (TPSA) is 65.0 Å². The highest BCUT2D eigenvalue weighted by molar-refractivity contribution is 6.33. The van der Waals surface area contributed by atoms with E-state index >= 15 is 0 Å². The van der Waals surface area contributed by atoms with E-state index in [0.29, 0.717) is 30.3 Å². The number of benzene rings is 2. The molecule has 1 aliphatic rings. The fourth-order valence-electron chi connectivity index (χ4n) is 3.67. The van der Waals surface area contributed by atoms with Crippen LogP contribution in [-0.4, -0.2) is 72.3 Å². The molecule has 1 heterocycles. The molecule has 0 saturated carbocycles. The first-order valence-electron chi connectivity index (χ1n) is 10.4. The molecule has 2 aromatic carbocycles. The van der Waals surface area contributed by atoms with Crippen LogP contribution in [0.15, 0.2) is 42.5 Å². The molecule has 2 atom stereocenters. The Hall–Kier alpha value is -2.19. The SMILES string of the molecule is Cc1ccc(NC(=O)CN2CCN(CC(O)COc3ccccc3F)C(C)C2)c(Cl)c1. The van der Waals surface area contributed by atoms with Gasteiger partial charge in [0, 0.05) is 32.2 Å². The number of carbonyl (C=O) groups excluding carboxylic acids is 1. The molecule has 3 rings (SSSR count). The lowest BCUT2D eigenvalue weighted by molar-refractivity contribution is -0.118. The van der Waals surface area contributed by atoms with Gasteiger partial charge in [0.15, 0.2) is 11.6 Å². The summed E-state index contributed by atoms with van der Waals surface area (Å²) in [6.07, 6.45) is -0.736. The van der Waals surface area contributed by atoms with Crippen LogP contribution in [0.4, 0.5) is 10.1 Å². The number of carbonyl (C=O) groups is 1. The van der Waals surface area contributed by atoms with Crippen molar-refractivity contribution in [3.05, 3.63) is 58.9 Å². The molecule has 6 nitrogen and oxygen atoms in total. The minimum Gasteiger partial charge on any atom is -0.488 e. The number of hydrogen-bond donors (Lipinski definition) is 2. The Balaban J connectivity index is 1.42. The highest BCUT2D eigenvalue weighted by Gasteiger charge is 2.26. The third-order valence-electron chi connectivity index (χ3n) is 5.33. The van der Waals surface area contributed by atoms with Gasteiger partial charge in [0.25, 0.3) is 0 Å². The lowest BCUT2D eigenvalue weighted by Gasteiger charge is -2.40. The molecule has 2 aromatic rings. The molecule has 0 spiro atoms. The largest absolute Gasteiger partial charge is 0.488 e. The van der Waals surface area contributed by atoms with Crippen molar-refractivity contribution in [1.82, 2.24) is 9.80 Å². The number of nitrogens with zero attached hydrogens (tertiary/aromatic N) is 2. The minimum absolute atomic E-state index is 0.0214. The van der Waals surface area contributed by atoms with Gasteiger partial charge in [-0.05, 0) is 43.7 Å². The quantitative estimate of drug-likeness (QED) is 0.648. The summed E-state index contributed by atoms with van der Waals surface area (Å²) in [7, 11) is 0. The smallest absolute Gasteiger partial charge is 0.238 e. The molecule has 1 fully saturated rings. The molecule has 1 aliphatic heterocycles. The van der Waals surface area contributed by atoms with Gasteiger partial charge in [-0.1, -0.05) is 29.8 Å². The molecule has 0 bridgehead atoms. The van der Waals surface area contributed by atoms with E-state index < -0.39 is 11.9 Å². The fraction of sp³-hybridized carbons (Fsp3) is 0.435. The van der Waals surface area contributed by atoms with E-state index in [-0.39, 0.29) is 30.9 Å². The molecule has 2 N–H and O–H groups in total. The Morgan fingerprint density at radius 1 is 1.32 bits per heavy atom. The summed E-state index contributed by atoms with van der Waals surface area (Å²) in [5.41, 5.74) is 1.65. The van der Waals surface area contributed by atoms with Crippen LogP contribution in [0.5, 0.6) is 5.75 Å². The Bertz CT molecular complexity index is 898. The van der Waals surface area contributed by atoms with Crippen LogP contribution in [-0.2, 0) is 4.79 Å². The molecule has 168 valence electrons. The lowest BCUT2D eigenvalue weighted by Crippen LogP contribution is -2.55. The monoisotopic (exact) mass is 449 g/mol. The number of nitrogens with one attached hydrogen (secondary N) is 1. The number of aryl methyl sites for hydroxylation is 1. The van der Waals surface area contributed by atoms with Crippen LogP contribution in [0.25, 0.3) is 0 Å². The molecular weight excluding hydrogens is 421 g/mol. The number of aliphatic hydroxyl groups is 1. The standard InChI is InChI=1S/C23H29ClFN3O3/c1-16-7-8-21(19(24)11-16)26-23(30)14-27-9-10-28(17(2)12-27)13-18(29)15-31-22-6-4-3-5-20(22)25/h3-8,11,17-18,29H,9-10,12-15H2,1-2H3,(H,26,30). The minimum atomic E-state index is -0.736. The van der Waals surface area contributed by atoms with Crippen LogP contribution >= 0.6 is 11.6 Å². The van der Waals surface area contributed by atoms with E-state index in [9.17, 15) is 14.3 Å². The Morgan fingerprint density at radius 3 is 2.81 bits per heavy atom. The lowest BCUT2D eigenvalue weighted by atomic mass is 10.1. The number of β-amino-alcohol motifs (C(OH)–C–C–N with tert-alkyl or cyclic N) is 1. The first kappa shape index (κ1) is 23.5. The van der Waals surface area contributed by atoms with Crippen molar-refractivity contribution in [3.8, 4) is 5.75 Å². The van der Waals surface area contributed by atoms with E-state index in [2.05, 4.69) is 22.0 Å². The van der Waals surface area contributed by atoms with Gasteiger partial charge in [0.05, 0.1) is 17.3 Å². The van der Waals surface area contributed by atoms with Gasteiger partial charge in [-0.15, -0.1) is 0 Å². The van der Waals surface area contributed by atoms with Gasteiger partial charge < -0.3 is 15.2 Å². The second-order valence-electron chi connectivity index (χ2n) is 8.01. The summed E-state index contributed by atoms with van der Waals surface area (Å²) in [4.78, 5) is 16.7. The van der Waals surface area contributed by atoms with E-state index in [1.807, 2.05) is 19.1 Å². The summed E-state index contributed by atoms with van der Waals surface area (Å²) in [6, 6.07) is 11.8. The zero-order chi connectivity index (χ0) is 22.4. The average Bonchev–Trinajstić information content (AvgIpc) is 2.71. The molecule has 0 aliphatic carbocycles. The van der Waals surface area contributed by atoms with Crippen molar-refractivity contribution in [2.45, 2.75) is 26.0 Å². The third-order valence-corrected chi connectivity index (χ3v) is 5.64. The Kier molecular flexibility index (Phi) is 8.26. The van der Waals surface area contributed by atoms with E-state index in [1.54, 1.807) is 18.2 Å². The van der Waals surface area contributed by atoms with Crippen LogP contribution in [0.3, 0.4) is 0 Å². The van der Waals surface area contributed by atoms with Crippen molar-refractivity contribution in [3.63, 3.8) is 0 Å². The predicted octanol–water partition coefficient (Wildman–Crippen LogP) is 3.17. The normalized spacial score (nSPS) is 18.5. The predicted molar refractivity (Wildman–Crippen MR) is 120 cm³/mol. The summed E-state index contributed by atoms with van der Waals surface area (Å²) in [5, 5.41) is 13.7. The molecule has 1 amide bonds. The molecule has 0 radical (unpaired) electrons. The number of halogens is 2. The zero-order valence-corrected chi connectivity index (χ0v) is 18.6. The van der Waals surface area contributed by atoms with Gasteiger partial charge in [-0.25, -0.2) is 4.39 Å². The second kappa shape index (κ2) is 10.9. The van der Waals surface area contributed by atoms with Crippen molar-refractivity contribution in [2.75, 3.05) is 44.6 Å². The maximum absolute atomic E-state index is 13.6.